The predicted octanol–water partition coefficient (Wildman–Crippen LogP) is 2.78. The number of benzene rings is 2. The number of ether oxygens (including phenoxy) is 1. The second kappa shape index (κ2) is 10.2. The van der Waals surface area contributed by atoms with Gasteiger partial charge in [-0.2, -0.15) is 0 Å². The van der Waals surface area contributed by atoms with Crippen molar-refractivity contribution >= 4 is 23.4 Å². The van der Waals surface area contributed by atoms with Gasteiger partial charge >= 0.3 is 0 Å². The van der Waals surface area contributed by atoms with Crippen LogP contribution in [0, 0.1) is 5.92 Å². The monoisotopic (exact) mass is 423 g/mol. The van der Waals surface area contributed by atoms with Crippen molar-refractivity contribution in [2.75, 3.05) is 32.6 Å². The van der Waals surface area contributed by atoms with E-state index in [4.69, 9.17) is 4.74 Å². The summed E-state index contributed by atoms with van der Waals surface area (Å²) in [6.45, 7) is 3.13. The molecule has 0 aromatic heterocycles. The maximum absolute atomic E-state index is 13.0. The van der Waals surface area contributed by atoms with E-state index in [-0.39, 0.29) is 30.2 Å². The quantitative estimate of drug-likeness (QED) is 0.708. The highest BCUT2D eigenvalue weighted by Crippen LogP contribution is 2.24. The summed E-state index contributed by atoms with van der Waals surface area (Å²) < 4.78 is 5.13. The Labute approximate surface area is 183 Å². The van der Waals surface area contributed by atoms with Crippen molar-refractivity contribution in [1.82, 2.24) is 9.80 Å². The lowest BCUT2D eigenvalue weighted by Crippen LogP contribution is -2.38. The molecule has 3 rings (SSSR count). The summed E-state index contributed by atoms with van der Waals surface area (Å²) in [5.41, 5.74) is 1.89. The van der Waals surface area contributed by atoms with Crippen LogP contribution in [0.3, 0.4) is 0 Å². The van der Waals surface area contributed by atoms with Crippen LogP contribution in [0.1, 0.15) is 29.3 Å². The Hall–Kier alpha value is -3.19. The first-order valence-corrected chi connectivity index (χ1v) is 10.4. The van der Waals surface area contributed by atoms with Gasteiger partial charge in [0, 0.05) is 33.7 Å². The molecule has 1 aliphatic rings. The Kier molecular flexibility index (Phi) is 7.41. The Morgan fingerprint density at radius 2 is 1.84 bits per heavy atom. The molecule has 0 spiro atoms. The molecule has 0 unspecified atom stereocenters. The van der Waals surface area contributed by atoms with Gasteiger partial charge < -0.3 is 19.9 Å². The first-order chi connectivity index (χ1) is 14.9. The van der Waals surface area contributed by atoms with Crippen LogP contribution in [0.15, 0.2) is 54.6 Å². The number of rotatable bonds is 8. The molecule has 2 aromatic rings. The van der Waals surface area contributed by atoms with Gasteiger partial charge in [-0.05, 0) is 24.6 Å². The van der Waals surface area contributed by atoms with E-state index in [2.05, 4.69) is 5.32 Å². The fourth-order valence-electron chi connectivity index (χ4n) is 3.81. The van der Waals surface area contributed by atoms with Gasteiger partial charge in [-0.1, -0.05) is 42.5 Å². The summed E-state index contributed by atoms with van der Waals surface area (Å²) in [5, 5.41) is 2.87. The van der Waals surface area contributed by atoms with E-state index in [1.54, 1.807) is 48.2 Å². The second-order valence-electron chi connectivity index (χ2n) is 7.93. The molecule has 3 amide bonds. The SMILES string of the molecule is COC[C@@H](C)N1C[C@H](C(=O)Nc2ccccc2C(=O)N(C)Cc2ccccc2)CC1=O. The molecule has 1 saturated heterocycles. The first kappa shape index (κ1) is 22.5. The molecule has 1 N–H and O–H groups in total. The zero-order valence-electron chi connectivity index (χ0n) is 18.2. The van der Waals surface area contributed by atoms with Crippen molar-refractivity contribution in [3.63, 3.8) is 0 Å². The van der Waals surface area contributed by atoms with Crippen molar-refractivity contribution < 1.29 is 19.1 Å². The molecule has 2 aromatic carbocycles. The van der Waals surface area contributed by atoms with E-state index in [1.807, 2.05) is 37.3 Å². The largest absolute Gasteiger partial charge is 0.383 e. The molecule has 0 saturated carbocycles. The highest BCUT2D eigenvalue weighted by atomic mass is 16.5. The van der Waals surface area contributed by atoms with E-state index in [0.717, 1.165) is 5.56 Å². The van der Waals surface area contributed by atoms with Gasteiger partial charge in [-0.25, -0.2) is 0 Å². The van der Waals surface area contributed by atoms with Gasteiger partial charge in [0.05, 0.1) is 29.8 Å². The normalized spacial score (nSPS) is 16.8. The van der Waals surface area contributed by atoms with Gasteiger partial charge in [-0.15, -0.1) is 0 Å². The summed E-state index contributed by atoms with van der Waals surface area (Å²) in [6, 6.07) is 16.6. The topological polar surface area (TPSA) is 79.0 Å². The van der Waals surface area contributed by atoms with E-state index in [1.165, 1.54) is 0 Å². The average Bonchev–Trinajstić information content (AvgIpc) is 3.16. The lowest BCUT2D eigenvalue weighted by Gasteiger charge is -2.24. The van der Waals surface area contributed by atoms with Crippen LogP contribution in [0.25, 0.3) is 0 Å². The third kappa shape index (κ3) is 5.49. The number of nitrogens with one attached hydrogen (secondary N) is 1. The van der Waals surface area contributed by atoms with Gasteiger partial charge in [0.15, 0.2) is 0 Å². The van der Waals surface area contributed by atoms with Crippen LogP contribution in [0.5, 0.6) is 0 Å². The minimum absolute atomic E-state index is 0.0587. The Balaban J connectivity index is 1.68. The molecule has 1 fully saturated rings. The third-order valence-electron chi connectivity index (χ3n) is 5.49. The van der Waals surface area contributed by atoms with Crippen molar-refractivity contribution in [1.29, 1.82) is 0 Å². The summed E-state index contributed by atoms with van der Waals surface area (Å²) in [6.07, 6.45) is 0.157. The zero-order chi connectivity index (χ0) is 22.4. The number of anilines is 1. The number of hydrogen-bond acceptors (Lipinski definition) is 4. The summed E-state index contributed by atoms with van der Waals surface area (Å²) in [5.74, 6) is -0.960. The maximum atomic E-state index is 13.0. The smallest absolute Gasteiger partial charge is 0.256 e. The number of carbonyl (C=O) groups is 3. The Morgan fingerprint density at radius 3 is 2.55 bits per heavy atom. The molecule has 2 atom stereocenters. The van der Waals surface area contributed by atoms with Crippen molar-refractivity contribution in [2.45, 2.75) is 25.9 Å². The molecule has 0 bridgehead atoms. The van der Waals surface area contributed by atoms with Crippen LogP contribution >= 0.6 is 0 Å². The van der Waals surface area contributed by atoms with Gasteiger partial charge in [-0.3, -0.25) is 14.4 Å². The van der Waals surface area contributed by atoms with Gasteiger partial charge in [0.2, 0.25) is 11.8 Å². The van der Waals surface area contributed by atoms with E-state index < -0.39 is 5.92 Å². The number of nitrogens with zero attached hydrogens (tertiary/aromatic N) is 2. The fourth-order valence-corrected chi connectivity index (χ4v) is 3.81. The summed E-state index contributed by atoms with van der Waals surface area (Å²) in [7, 11) is 3.32. The fraction of sp³-hybridized carbons (Fsp3) is 0.375. The molecule has 31 heavy (non-hydrogen) atoms. The molecular formula is C24H29N3O4. The molecule has 164 valence electrons. The second-order valence-corrected chi connectivity index (χ2v) is 7.93. The Morgan fingerprint density at radius 1 is 1.16 bits per heavy atom. The van der Waals surface area contributed by atoms with Crippen LogP contribution in [0.4, 0.5) is 5.69 Å². The van der Waals surface area contributed by atoms with E-state index in [0.29, 0.717) is 30.9 Å². The van der Waals surface area contributed by atoms with E-state index >= 15 is 0 Å². The molecule has 7 nitrogen and oxygen atoms in total. The third-order valence-corrected chi connectivity index (χ3v) is 5.49. The highest BCUT2D eigenvalue weighted by Gasteiger charge is 2.36. The molecular weight excluding hydrogens is 394 g/mol. The van der Waals surface area contributed by atoms with Crippen molar-refractivity contribution in [3.05, 3.63) is 65.7 Å². The zero-order valence-corrected chi connectivity index (χ0v) is 18.2. The molecule has 1 heterocycles. The number of para-hydroxylation sites is 1. The number of methoxy groups -OCH3 is 1. The standard InChI is InChI=1S/C24H29N3O4/c1-17(16-31-3)27-15-19(13-22(27)28)23(29)25-21-12-8-7-11-20(21)24(30)26(2)14-18-9-5-4-6-10-18/h4-12,17,19H,13-16H2,1-3H3,(H,25,29)/t17-,19-/m1/s1. The predicted molar refractivity (Wildman–Crippen MR) is 118 cm³/mol. The lowest BCUT2D eigenvalue weighted by molar-refractivity contribution is -0.130. The van der Waals surface area contributed by atoms with Gasteiger partial charge in [0.1, 0.15) is 0 Å². The summed E-state index contributed by atoms with van der Waals surface area (Å²) in [4.78, 5) is 41.5. The molecule has 1 aliphatic heterocycles. The van der Waals surface area contributed by atoms with Crippen molar-refractivity contribution in [2.24, 2.45) is 5.92 Å². The minimum Gasteiger partial charge on any atom is -0.383 e. The molecule has 0 aliphatic carbocycles. The van der Waals surface area contributed by atoms with Crippen LogP contribution in [-0.4, -0.2) is 60.9 Å². The number of likely N-dealkylation sites (tertiary alicyclic amines) is 1. The van der Waals surface area contributed by atoms with Crippen LogP contribution in [-0.2, 0) is 20.9 Å². The van der Waals surface area contributed by atoms with Crippen LogP contribution < -0.4 is 5.32 Å². The maximum Gasteiger partial charge on any atom is 0.256 e. The number of amides is 3. The number of carbonyl (C=O) groups excluding carboxylic acids is 3. The molecule has 0 radical (unpaired) electrons. The summed E-state index contributed by atoms with van der Waals surface area (Å²) >= 11 is 0. The van der Waals surface area contributed by atoms with Gasteiger partial charge in [0.25, 0.3) is 5.91 Å². The van der Waals surface area contributed by atoms with Crippen LogP contribution in [0.2, 0.25) is 0 Å². The minimum atomic E-state index is -0.461. The average molecular weight is 424 g/mol. The molecule has 7 heteroatoms. The lowest BCUT2D eigenvalue weighted by atomic mass is 10.1. The van der Waals surface area contributed by atoms with Crippen molar-refractivity contribution in [3.8, 4) is 0 Å². The first-order valence-electron chi connectivity index (χ1n) is 10.4. The highest BCUT2D eigenvalue weighted by molar-refractivity contribution is 6.05. The van der Waals surface area contributed by atoms with E-state index in [9.17, 15) is 14.4 Å². The number of hydrogen-bond donors (Lipinski definition) is 1. The Bertz CT molecular complexity index is 931.